The van der Waals surface area contributed by atoms with Crippen LogP contribution in [0.25, 0.3) is 11.0 Å². The van der Waals surface area contributed by atoms with Crippen molar-refractivity contribution < 1.29 is 9.53 Å². The molecule has 124 valence electrons. The van der Waals surface area contributed by atoms with Crippen LogP contribution in [-0.2, 0) is 18.4 Å². The molecule has 8 nitrogen and oxygen atoms in total. The van der Waals surface area contributed by atoms with Crippen LogP contribution in [0.4, 0.5) is 5.69 Å². The van der Waals surface area contributed by atoms with Gasteiger partial charge < -0.3 is 10.1 Å². The maximum Gasteiger partial charge on any atom is 0.266 e. The quantitative estimate of drug-likeness (QED) is 0.728. The Morgan fingerprint density at radius 2 is 2.04 bits per heavy atom. The summed E-state index contributed by atoms with van der Waals surface area (Å²) in [5.74, 6) is 0.365. The number of nitrogens with zero attached hydrogens (tertiary/aromatic N) is 4. The first-order valence-corrected chi connectivity index (χ1v) is 7.80. The third-order valence-electron chi connectivity index (χ3n) is 3.46. The van der Waals surface area contributed by atoms with Gasteiger partial charge in [-0.05, 0) is 40.2 Å². The molecule has 0 fully saturated rings. The molecule has 0 aliphatic rings. The molecule has 0 bridgehead atoms. The maximum atomic E-state index is 12.5. The van der Waals surface area contributed by atoms with E-state index in [1.165, 1.54) is 15.6 Å². The molecule has 0 aliphatic heterocycles. The van der Waals surface area contributed by atoms with E-state index in [1.54, 1.807) is 38.4 Å². The van der Waals surface area contributed by atoms with E-state index in [2.05, 4.69) is 31.3 Å². The van der Waals surface area contributed by atoms with Gasteiger partial charge in [0, 0.05) is 12.7 Å². The minimum absolute atomic E-state index is 0.144. The highest BCUT2D eigenvalue weighted by Crippen LogP contribution is 2.17. The van der Waals surface area contributed by atoms with Gasteiger partial charge in [-0.1, -0.05) is 0 Å². The molecule has 1 aromatic carbocycles. The molecule has 1 amide bonds. The van der Waals surface area contributed by atoms with Crippen molar-refractivity contribution in [3.8, 4) is 5.75 Å². The van der Waals surface area contributed by atoms with Crippen LogP contribution in [0.1, 0.15) is 0 Å². The van der Waals surface area contributed by atoms with Gasteiger partial charge in [0.1, 0.15) is 28.6 Å². The molecule has 0 saturated carbocycles. The van der Waals surface area contributed by atoms with Crippen molar-refractivity contribution in [1.29, 1.82) is 0 Å². The summed E-state index contributed by atoms with van der Waals surface area (Å²) in [5.41, 5.74) is 0.744. The molecule has 0 aliphatic carbocycles. The number of carbonyl (C=O) groups excluding carboxylic acids is 1. The molecule has 0 atom stereocenters. The predicted molar refractivity (Wildman–Crippen MR) is 92.1 cm³/mol. The number of methoxy groups -OCH3 is 1. The second-order valence-corrected chi connectivity index (χ2v) is 5.82. The van der Waals surface area contributed by atoms with Gasteiger partial charge in [-0.2, -0.15) is 5.10 Å². The number of amides is 1. The lowest BCUT2D eigenvalue weighted by Crippen LogP contribution is -2.28. The first-order chi connectivity index (χ1) is 11.5. The molecule has 0 spiro atoms. The molecule has 3 aromatic rings. The lowest BCUT2D eigenvalue weighted by molar-refractivity contribution is -0.116. The number of rotatable bonds is 4. The van der Waals surface area contributed by atoms with Crippen LogP contribution in [0.2, 0.25) is 0 Å². The predicted octanol–water partition coefficient (Wildman–Crippen LogP) is 1.54. The van der Waals surface area contributed by atoms with Crippen molar-refractivity contribution in [2.75, 3.05) is 12.4 Å². The van der Waals surface area contributed by atoms with Crippen LogP contribution < -0.4 is 15.6 Å². The van der Waals surface area contributed by atoms with Crippen LogP contribution in [0.3, 0.4) is 0 Å². The van der Waals surface area contributed by atoms with E-state index in [4.69, 9.17) is 4.74 Å². The largest absolute Gasteiger partial charge is 0.497 e. The number of carbonyl (C=O) groups is 1. The highest BCUT2D eigenvalue weighted by atomic mass is 79.9. The number of nitrogens with one attached hydrogen (secondary N) is 1. The van der Waals surface area contributed by atoms with Crippen molar-refractivity contribution in [3.63, 3.8) is 0 Å². The summed E-state index contributed by atoms with van der Waals surface area (Å²) in [6.07, 6.45) is 1.34. The second-order valence-electron chi connectivity index (χ2n) is 5.07. The van der Waals surface area contributed by atoms with Crippen LogP contribution in [0.5, 0.6) is 5.75 Å². The Bertz CT molecular complexity index is 962. The molecule has 0 radical (unpaired) electrons. The third-order valence-corrected chi connectivity index (χ3v) is 4.01. The van der Waals surface area contributed by atoms with Crippen LogP contribution >= 0.6 is 15.9 Å². The average Bonchev–Trinajstić information content (AvgIpc) is 2.85. The number of hydrogen-bond acceptors (Lipinski definition) is 5. The van der Waals surface area contributed by atoms with E-state index in [9.17, 15) is 9.59 Å². The monoisotopic (exact) mass is 391 g/mol. The molecule has 2 aromatic heterocycles. The topological polar surface area (TPSA) is 91.0 Å². The number of halogens is 1. The van der Waals surface area contributed by atoms with E-state index >= 15 is 0 Å². The first kappa shape index (κ1) is 16.2. The first-order valence-electron chi connectivity index (χ1n) is 7.01. The Balaban J connectivity index is 1.81. The number of anilines is 1. The molecule has 9 heteroatoms. The summed E-state index contributed by atoms with van der Waals surface area (Å²) in [7, 11) is 3.26. The van der Waals surface area contributed by atoms with Crippen LogP contribution in [0, 0.1) is 0 Å². The fraction of sp³-hybridized carbons (Fsp3) is 0.200. The van der Waals surface area contributed by atoms with E-state index in [1.807, 2.05) is 0 Å². The van der Waals surface area contributed by atoms with Gasteiger partial charge >= 0.3 is 0 Å². The second kappa shape index (κ2) is 6.44. The Morgan fingerprint density at radius 3 is 2.71 bits per heavy atom. The van der Waals surface area contributed by atoms with Crippen LogP contribution in [0.15, 0.2) is 40.0 Å². The summed E-state index contributed by atoms with van der Waals surface area (Å²) in [6, 6.07) is 6.92. The third kappa shape index (κ3) is 3.02. The number of ether oxygens (including phenoxy) is 1. The Hall–Kier alpha value is -2.68. The molecule has 3 rings (SSSR count). The van der Waals surface area contributed by atoms with Gasteiger partial charge in [-0.25, -0.2) is 9.67 Å². The van der Waals surface area contributed by atoms with Crippen LogP contribution in [-0.4, -0.2) is 32.3 Å². The van der Waals surface area contributed by atoms with E-state index < -0.39 is 0 Å². The van der Waals surface area contributed by atoms with Gasteiger partial charge in [-0.15, -0.1) is 0 Å². The molecular weight excluding hydrogens is 378 g/mol. The van der Waals surface area contributed by atoms with Gasteiger partial charge in [-0.3, -0.25) is 14.2 Å². The summed E-state index contributed by atoms with van der Waals surface area (Å²) in [6.45, 7) is -0.144. The summed E-state index contributed by atoms with van der Waals surface area (Å²) < 4.78 is 8.21. The van der Waals surface area contributed by atoms with Crippen molar-refractivity contribution in [1.82, 2.24) is 19.3 Å². The Labute approximate surface area is 145 Å². The lowest BCUT2D eigenvalue weighted by Gasteiger charge is -2.08. The minimum Gasteiger partial charge on any atom is -0.497 e. The summed E-state index contributed by atoms with van der Waals surface area (Å²) >= 11 is 3.24. The van der Waals surface area contributed by atoms with Crippen molar-refractivity contribution in [3.05, 3.63) is 45.5 Å². The lowest BCUT2D eigenvalue weighted by atomic mass is 10.3. The van der Waals surface area contributed by atoms with E-state index in [0.717, 1.165) is 0 Å². The summed E-state index contributed by atoms with van der Waals surface area (Å²) in [5, 5.41) is 7.17. The molecule has 1 N–H and O–H groups in total. The average molecular weight is 392 g/mol. The highest BCUT2D eigenvalue weighted by molar-refractivity contribution is 9.10. The van der Waals surface area contributed by atoms with Gasteiger partial charge in [0.15, 0.2) is 5.65 Å². The number of aryl methyl sites for hydroxylation is 1. The van der Waals surface area contributed by atoms with E-state index in [-0.39, 0.29) is 18.0 Å². The zero-order valence-electron chi connectivity index (χ0n) is 13.0. The number of hydrogen-bond donors (Lipinski definition) is 1. The standard InChI is InChI=1S/C15H14BrN5O3/c1-20-14-12(13(16)19-20)15(23)21(8-17-14)7-11(22)18-9-3-5-10(24-2)6-4-9/h3-6,8H,7H2,1-2H3,(H,18,22). The fourth-order valence-corrected chi connectivity index (χ4v) is 2.86. The maximum absolute atomic E-state index is 12.5. The number of benzene rings is 1. The zero-order valence-corrected chi connectivity index (χ0v) is 14.6. The van der Waals surface area contributed by atoms with E-state index in [0.29, 0.717) is 27.1 Å². The highest BCUT2D eigenvalue weighted by Gasteiger charge is 2.15. The minimum atomic E-state index is -0.330. The smallest absolute Gasteiger partial charge is 0.266 e. The van der Waals surface area contributed by atoms with Gasteiger partial charge in [0.25, 0.3) is 5.56 Å². The van der Waals surface area contributed by atoms with Crippen molar-refractivity contribution in [2.24, 2.45) is 7.05 Å². The number of aromatic nitrogens is 4. The molecule has 24 heavy (non-hydrogen) atoms. The fourth-order valence-electron chi connectivity index (χ4n) is 2.28. The number of fused-ring (bicyclic) bond motifs is 1. The molecule has 0 unspecified atom stereocenters. The van der Waals surface area contributed by atoms with Crippen molar-refractivity contribution >= 4 is 38.6 Å². The Kier molecular flexibility index (Phi) is 4.34. The van der Waals surface area contributed by atoms with Gasteiger partial charge in [0.05, 0.1) is 7.11 Å². The Morgan fingerprint density at radius 1 is 1.33 bits per heavy atom. The SMILES string of the molecule is COc1ccc(NC(=O)Cn2cnc3c(c(Br)nn3C)c2=O)cc1. The normalized spacial score (nSPS) is 10.8. The molecule has 0 saturated heterocycles. The molecule has 2 heterocycles. The van der Waals surface area contributed by atoms with Crippen molar-refractivity contribution in [2.45, 2.75) is 6.54 Å². The zero-order chi connectivity index (χ0) is 17.3. The summed E-state index contributed by atoms with van der Waals surface area (Å²) in [4.78, 5) is 28.8. The van der Waals surface area contributed by atoms with Gasteiger partial charge in [0.2, 0.25) is 5.91 Å². The molecular formula is C15H14BrN5O3.